The molecule has 1 aliphatic rings. The maximum absolute atomic E-state index is 11.1. The summed E-state index contributed by atoms with van der Waals surface area (Å²) in [5.41, 5.74) is -0.0676. The van der Waals surface area contributed by atoms with E-state index in [0.717, 1.165) is 12.8 Å². The number of hydrogen-bond donors (Lipinski definition) is 1. The van der Waals surface area contributed by atoms with Gasteiger partial charge in [0, 0.05) is 26.7 Å². The highest BCUT2D eigenvalue weighted by molar-refractivity contribution is 5.60. The largest absolute Gasteiger partial charge is 0.383 e. The highest BCUT2D eigenvalue weighted by Crippen LogP contribution is 2.35. The fourth-order valence-corrected chi connectivity index (χ4v) is 1.86. The van der Waals surface area contributed by atoms with E-state index in [1.807, 2.05) is 4.90 Å². The summed E-state index contributed by atoms with van der Waals surface area (Å²) in [5.74, 6) is 0.743. The van der Waals surface area contributed by atoms with Gasteiger partial charge in [-0.3, -0.25) is 10.1 Å². The molecule has 19 heavy (non-hydrogen) atoms. The predicted molar refractivity (Wildman–Crippen MR) is 70.5 cm³/mol. The molecule has 2 rings (SSSR count). The van der Waals surface area contributed by atoms with Crippen molar-refractivity contribution >= 4 is 17.5 Å². The Morgan fingerprint density at radius 2 is 2.37 bits per heavy atom. The lowest BCUT2D eigenvalue weighted by atomic mass is 10.4. The van der Waals surface area contributed by atoms with E-state index in [-0.39, 0.29) is 5.69 Å². The second-order valence-electron chi connectivity index (χ2n) is 4.33. The van der Waals surface area contributed by atoms with Crippen LogP contribution in [0, 0.1) is 10.1 Å². The molecule has 1 aromatic rings. The third kappa shape index (κ3) is 3.08. The standard InChI is InChI=1S/C11H17N5O3/c1-12-11-13-7-9(16(17)18)10(14-11)15(5-6-19-2)8-3-4-8/h7-8H,3-6H2,1-2H3,(H,12,13,14). The second-order valence-corrected chi connectivity index (χ2v) is 4.33. The lowest BCUT2D eigenvalue weighted by Crippen LogP contribution is -2.31. The molecule has 1 N–H and O–H groups in total. The van der Waals surface area contributed by atoms with Crippen LogP contribution in [0.5, 0.6) is 0 Å². The fourth-order valence-electron chi connectivity index (χ4n) is 1.86. The summed E-state index contributed by atoms with van der Waals surface area (Å²) in [6.07, 6.45) is 3.30. The van der Waals surface area contributed by atoms with Gasteiger partial charge in [-0.1, -0.05) is 0 Å². The molecule has 0 bridgehead atoms. The van der Waals surface area contributed by atoms with E-state index in [0.29, 0.717) is 31.0 Å². The quantitative estimate of drug-likeness (QED) is 0.582. The molecule has 0 unspecified atom stereocenters. The van der Waals surface area contributed by atoms with Crippen molar-refractivity contribution in [3.63, 3.8) is 0 Å². The molecule has 0 aliphatic heterocycles. The molecule has 0 atom stereocenters. The number of hydrogen-bond acceptors (Lipinski definition) is 7. The average Bonchev–Trinajstić information content (AvgIpc) is 3.23. The van der Waals surface area contributed by atoms with Gasteiger partial charge in [-0.25, -0.2) is 4.98 Å². The molecule has 1 saturated carbocycles. The number of ether oxygens (including phenoxy) is 1. The number of aromatic nitrogens is 2. The van der Waals surface area contributed by atoms with Gasteiger partial charge in [0.2, 0.25) is 11.8 Å². The van der Waals surface area contributed by atoms with E-state index < -0.39 is 4.92 Å². The number of rotatable bonds is 7. The maximum Gasteiger partial charge on any atom is 0.329 e. The highest BCUT2D eigenvalue weighted by atomic mass is 16.6. The topological polar surface area (TPSA) is 93.4 Å². The fraction of sp³-hybridized carbons (Fsp3) is 0.636. The maximum atomic E-state index is 11.1. The molecule has 0 amide bonds. The Kier molecular flexibility index (Phi) is 4.10. The minimum Gasteiger partial charge on any atom is -0.383 e. The van der Waals surface area contributed by atoms with Gasteiger partial charge in [0.15, 0.2) is 0 Å². The first kappa shape index (κ1) is 13.5. The number of nitro groups is 1. The van der Waals surface area contributed by atoms with E-state index in [1.165, 1.54) is 6.20 Å². The molecule has 1 heterocycles. The van der Waals surface area contributed by atoms with Crippen molar-refractivity contribution in [2.45, 2.75) is 18.9 Å². The van der Waals surface area contributed by atoms with E-state index in [2.05, 4.69) is 15.3 Å². The third-order valence-corrected chi connectivity index (χ3v) is 2.97. The molecule has 104 valence electrons. The van der Waals surface area contributed by atoms with Gasteiger partial charge in [0.25, 0.3) is 0 Å². The molecular formula is C11H17N5O3. The summed E-state index contributed by atoms with van der Waals surface area (Å²) < 4.78 is 5.06. The van der Waals surface area contributed by atoms with Crippen LogP contribution in [0.3, 0.4) is 0 Å². The van der Waals surface area contributed by atoms with E-state index in [1.54, 1.807) is 14.2 Å². The SMILES string of the molecule is CNc1ncc([N+](=O)[O-])c(N(CCOC)C2CC2)n1. The van der Waals surface area contributed by atoms with Crippen LogP contribution in [0.4, 0.5) is 17.5 Å². The molecule has 0 aromatic carbocycles. The number of nitrogens with one attached hydrogen (secondary N) is 1. The Morgan fingerprint density at radius 3 is 2.89 bits per heavy atom. The normalized spacial score (nSPS) is 14.2. The second kappa shape index (κ2) is 5.79. The highest BCUT2D eigenvalue weighted by Gasteiger charge is 2.34. The van der Waals surface area contributed by atoms with Gasteiger partial charge in [0.1, 0.15) is 6.20 Å². The van der Waals surface area contributed by atoms with Crippen LogP contribution in [0.25, 0.3) is 0 Å². The average molecular weight is 267 g/mol. The van der Waals surface area contributed by atoms with Crippen molar-refractivity contribution in [2.75, 3.05) is 37.5 Å². The minimum atomic E-state index is -0.447. The smallest absolute Gasteiger partial charge is 0.329 e. The molecule has 1 aromatic heterocycles. The Hall–Kier alpha value is -1.96. The molecular weight excluding hydrogens is 250 g/mol. The van der Waals surface area contributed by atoms with Crippen LogP contribution >= 0.6 is 0 Å². The molecule has 0 saturated heterocycles. The Balaban J connectivity index is 2.34. The zero-order chi connectivity index (χ0) is 13.8. The van der Waals surface area contributed by atoms with Crippen LogP contribution in [0.2, 0.25) is 0 Å². The Morgan fingerprint density at radius 1 is 1.63 bits per heavy atom. The summed E-state index contributed by atoms with van der Waals surface area (Å²) in [6.45, 7) is 1.09. The lowest BCUT2D eigenvalue weighted by Gasteiger charge is -2.22. The summed E-state index contributed by atoms with van der Waals surface area (Å²) in [5, 5.41) is 13.9. The zero-order valence-corrected chi connectivity index (χ0v) is 11.0. The van der Waals surface area contributed by atoms with Crippen LogP contribution < -0.4 is 10.2 Å². The third-order valence-electron chi connectivity index (χ3n) is 2.97. The van der Waals surface area contributed by atoms with Gasteiger partial charge in [-0.05, 0) is 12.8 Å². The summed E-state index contributed by atoms with van der Waals surface area (Å²) in [6, 6.07) is 0.313. The van der Waals surface area contributed by atoms with E-state index in [9.17, 15) is 10.1 Å². The van der Waals surface area contributed by atoms with E-state index >= 15 is 0 Å². The number of anilines is 2. The first-order chi connectivity index (χ1) is 9.17. The summed E-state index contributed by atoms with van der Waals surface area (Å²) in [7, 11) is 3.29. The molecule has 1 aliphatic carbocycles. The molecule has 8 nitrogen and oxygen atoms in total. The van der Waals surface area contributed by atoms with Crippen molar-refractivity contribution in [1.82, 2.24) is 9.97 Å². The first-order valence-electron chi connectivity index (χ1n) is 6.12. The van der Waals surface area contributed by atoms with Crippen molar-refractivity contribution in [1.29, 1.82) is 0 Å². The predicted octanol–water partition coefficient (Wildman–Crippen LogP) is 1.04. The van der Waals surface area contributed by atoms with Gasteiger partial charge in [0.05, 0.1) is 11.5 Å². The van der Waals surface area contributed by atoms with Gasteiger partial charge < -0.3 is 15.0 Å². The van der Waals surface area contributed by atoms with E-state index in [4.69, 9.17) is 4.74 Å². The molecule has 1 fully saturated rings. The van der Waals surface area contributed by atoms with Gasteiger partial charge >= 0.3 is 5.69 Å². The van der Waals surface area contributed by atoms with Gasteiger partial charge in [-0.2, -0.15) is 4.98 Å². The minimum absolute atomic E-state index is 0.0676. The van der Waals surface area contributed by atoms with Crippen molar-refractivity contribution in [3.8, 4) is 0 Å². The monoisotopic (exact) mass is 267 g/mol. The van der Waals surface area contributed by atoms with Gasteiger partial charge in [-0.15, -0.1) is 0 Å². The molecule has 8 heteroatoms. The zero-order valence-electron chi connectivity index (χ0n) is 11.0. The number of nitrogens with zero attached hydrogens (tertiary/aromatic N) is 4. The van der Waals surface area contributed by atoms with Crippen LogP contribution in [-0.4, -0.2) is 48.2 Å². The molecule has 0 spiro atoms. The Labute approximate surface area is 110 Å². The summed E-state index contributed by atoms with van der Waals surface area (Å²) in [4.78, 5) is 20.7. The first-order valence-corrected chi connectivity index (χ1v) is 6.12. The number of methoxy groups -OCH3 is 1. The summed E-state index contributed by atoms with van der Waals surface area (Å²) >= 11 is 0. The van der Waals surface area contributed by atoms with Crippen LogP contribution in [-0.2, 0) is 4.74 Å². The van der Waals surface area contributed by atoms with Crippen molar-refractivity contribution < 1.29 is 9.66 Å². The van der Waals surface area contributed by atoms with Crippen LogP contribution in [0.1, 0.15) is 12.8 Å². The molecule has 0 radical (unpaired) electrons. The lowest BCUT2D eigenvalue weighted by molar-refractivity contribution is -0.384. The van der Waals surface area contributed by atoms with Crippen LogP contribution in [0.15, 0.2) is 6.20 Å². The Bertz CT molecular complexity index is 464. The van der Waals surface area contributed by atoms with Crippen molar-refractivity contribution in [2.24, 2.45) is 0 Å². The van der Waals surface area contributed by atoms with Crippen molar-refractivity contribution in [3.05, 3.63) is 16.3 Å².